The Hall–Kier alpha value is -2.68. The van der Waals surface area contributed by atoms with Crippen molar-refractivity contribution in [1.29, 1.82) is 0 Å². The maximum absolute atomic E-state index is 13.2. The van der Waals surface area contributed by atoms with Gasteiger partial charge in [-0.25, -0.2) is 4.79 Å². The highest BCUT2D eigenvalue weighted by Gasteiger charge is 2.48. The van der Waals surface area contributed by atoms with Crippen LogP contribution < -0.4 is 0 Å². The van der Waals surface area contributed by atoms with Crippen molar-refractivity contribution in [2.24, 2.45) is 4.99 Å². The lowest BCUT2D eigenvalue weighted by Gasteiger charge is -2.39. The summed E-state index contributed by atoms with van der Waals surface area (Å²) in [6.07, 6.45) is 1.34. The van der Waals surface area contributed by atoms with Gasteiger partial charge in [-0.2, -0.15) is 4.99 Å². The Morgan fingerprint density at radius 1 is 1.05 bits per heavy atom. The van der Waals surface area contributed by atoms with Crippen molar-refractivity contribution in [3.05, 3.63) is 76.2 Å². The van der Waals surface area contributed by atoms with E-state index in [0.29, 0.717) is 48.2 Å². The molecule has 0 bridgehead atoms. The summed E-state index contributed by atoms with van der Waals surface area (Å²) in [7, 11) is -2.02. The van der Waals surface area contributed by atoms with Crippen molar-refractivity contribution in [2.75, 3.05) is 19.7 Å². The van der Waals surface area contributed by atoms with Crippen molar-refractivity contribution in [2.45, 2.75) is 57.3 Å². The van der Waals surface area contributed by atoms with Crippen molar-refractivity contribution < 1.29 is 18.8 Å². The normalized spacial score (nSPS) is 20.7. The Bertz CT molecular complexity index is 1290. The quantitative estimate of drug-likeness (QED) is 0.264. The third kappa shape index (κ3) is 4.82. The van der Waals surface area contributed by atoms with Crippen molar-refractivity contribution in [3.63, 3.8) is 0 Å². The van der Waals surface area contributed by atoms with Gasteiger partial charge in [0.15, 0.2) is 13.5 Å². The lowest BCUT2D eigenvalue weighted by Crippen LogP contribution is -2.44. The number of amides is 1. The number of nitrogens with zero attached hydrogens (tertiary/aromatic N) is 2. The third-order valence-electron chi connectivity index (χ3n) is 8.13. The Morgan fingerprint density at radius 3 is 2.38 bits per heavy atom. The van der Waals surface area contributed by atoms with Gasteiger partial charge in [-0.15, -0.1) is 0 Å². The lowest BCUT2D eigenvalue weighted by molar-refractivity contribution is -0.113. The minimum Gasteiger partial charge on any atom is -0.450 e. The average Bonchev–Trinajstić information content (AvgIpc) is 3.37. The molecule has 3 aliphatic rings. The monoisotopic (exact) mass is 534 g/mol. The number of likely N-dealkylation sites (tertiary alicyclic amines) is 1. The highest BCUT2D eigenvalue weighted by Crippen LogP contribution is 2.45. The van der Waals surface area contributed by atoms with Crippen LogP contribution >= 0.6 is 11.8 Å². The van der Waals surface area contributed by atoms with E-state index in [2.05, 4.69) is 43.8 Å². The summed E-state index contributed by atoms with van der Waals surface area (Å²) in [5.41, 5.74) is 2.94. The smallest absolute Gasteiger partial charge is 0.339 e. The number of amidine groups is 1. The predicted octanol–water partition coefficient (Wildman–Crippen LogP) is 6.21. The van der Waals surface area contributed by atoms with E-state index < -0.39 is 13.9 Å². The molecule has 1 fully saturated rings. The van der Waals surface area contributed by atoms with Gasteiger partial charge in [-0.1, -0.05) is 69.3 Å². The summed E-state index contributed by atoms with van der Waals surface area (Å²) in [4.78, 5) is 32.9. The van der Waals surface area contributed by atoms with Gasteiger partial charge in [0.2, 0.25) is 0 Å². The first kappa shape index (κ1) is 25.9. The molecule has 1 amide bonds. The SMILES string of the molecule is CC(C)(C)[Si](C)(C)OCC(=C1SC(N2CCC3(CC2)OC(=O)c2ccccc23)=NC1=O)c1ccccc1. The number of thioether (sulfide) groups is 1. The van der Waals surface area contributed by atoms with Crippen molar-refractivity contribution in [1.82, 2.24) is 4.90 Å². The van der Waals surface area contributed by atoms with E-state index in [1.807, 2.05) is 54.6 Å². The maximum Gasteiger partial charge on any atom is 0.339 e. The maximum atomic E-state index is 13.2. The summed E-state index contributed by atoms with van der Waals surface area (Å²) in [6.45, 7) is 12.8. The molecule has 3 heterocycles. The number of carbonyl (C=O) groups excluding carboxylic acids is 2. The summed E-state index contributed by atoms with van der Waals surface area (Å²) in [5.74, 6) is -0.457. The lowest BCUT2D eigenvalue weighted by atomic mass is 9.84. The summed E-state index contributed by atoms with van der Waals surface area (Å²) < 4.78 is 12.5. The average molecular weight is 535 g/mol. The molecule has 1 spiro atoms. The van der Waals surface area contributed by atoms with Crippen LogP contribution in [-0.4, -0.2) is 50.0 Å². The van der Waals surface area contributed by atoms with Crippen LogP contribution in [0.3, 0.4) is 0 Å². The summed E-state index contributed by atoms with van der Waals surface area (Å²) in [6, 6.07) is 17.7. The molecule has 3 aliphatic heterocycles. The number of fused-ring (bicyclic) bond motifs is 2. The van der Waals surface area contributed by atoms with Crippen LogP contribution in [0, 0.1) is 0 Å². The fourth-order valence-electron chi connectivity index (χ4n) is 4.79. The molecule has 37 heavy (non-hydrogen) atoms. The third-order valence-corrected chi connectivity index (χ3v) is 13.8. The minimum absolute atomic E-state index is 0.0695. The zero-order chi connectivity index (χ0) is 26.4. The summed E-state index contributed by atoms with van der Waals surface area (Å²) in [5, 5.41) is 0.785. The molecule has 0 radical (unpaired) electrons. The molecule has 2 aromatic carbocycles. The second-order valence-corrected chi connectivity index (χ2v) is 17.2. The van der Waals surface area contributed by atoms with Crippen molar-refractivity contribution in [3.8, 4) is 0 Å². The Kier molecular flexibility index (Phi) is 6.71. The van der Waals surface area contributed by atoms with Crippen LogP contribution in [0.1, 0.15) is 55.1 Å². The predicted molar refractivity (Wildman–Crippen MR) is 151 cm³/mol. The van der Waals surface area contributed by atoms with Crippen LogP contribution in [0.4, 0.5) is 0 Å². The number of benzene rings is 2. The van der Waals surface area contributed by atoms with Crippen LogP contribution in [0.2, 0.25) is 18.1 Å². The number of hydrogen-bond acceptors (Lipinski definition) is 6. The molecule has 8 heteroatoms. The number of esters is 1. The van der Waals surface area contributed by atoms with E-state index in [-0.39, 0.29) is 16.9 Å². The highest BCUT2D eigenvalue weighted by atomic mass is 32.2. The van der Waals surface area contributed by atoms with E-state index >= 15 is 0 Å². The molecule has 0 unspecified atom stereocenters. The van der Waals surface area contributed by atoms with Gasteiger partial charge >= 0.3 is 5.97 Å². The highest BCUT2D eigenvalue weighted by molar-refractivity contribution is 8.18. The zero-order valence-electron chi connectivity index (χ0n) is 22.2. The Balaban J connectivity index is 1.35. The van der Waals surface area contributed by atoms with Gasteiger partial charge in [0, 0.05) is 37.1 Å². The molecule has 0 saturated carbocycles. The first-order valence-electron chi connectivity index (χ1n) is 12.8. The van der Waals surface area contributed by atoms with Crippen LogP contribution in [0.5, 0.6) is 0 Å². The van der Waals surface area contributed by atoms with Crippen LogP contribution in [-0.2, 0) is 19.6 Å². The van der Waals surface area contributed by atoms with Gasteiger partial charge < -0.3 is 14.1 Å². The van der Waals surface area contributed by atoms with Gasteiger partial charge in [0.05, 0.1) is 17.1 Å². The van der Waals surface area contributed by atoms with Crippen molar-refractivity contribution >= 4 is 42.7 Å². The number of hydrogen-bond donors (Lipinski definition) is 0. The minimum atomic E-state index is -2.02. The molecule has 0 atom stereocenters. The molecule has 1 saturated heterocycles. The second-order valence-electron chi connectivity index (χ2n) is 11.4. The first-order valence-corrected chi connectivity index (χ1v) is 16.5. The molecule has 5 rings (SSSR count). The van der Waals surface area contributed by atoms with E-state index in [0.717, 1.165) is 16.7 Å². The standard InChI is InChI=1S/C29H34N2O4SSi/c1-28(2,3)37(4,5)34-19-22(20-11-7-6-8-12-20)24-25(32)30-27(36-24)31-17-15-29(16-18-31)23-14-10-9-13-21(23)26(33)35-29/h6-14H,15-19H2,1-5H3. The molecule has 2 aromatic rings. The topological polar surface area (TPSA) is 68.2 Å². The Labute approximate surface area is 224 Å². The molecule has 0 aliphatic carbocycles. The number of carbonyl (C=O) groups is 2. The molecule has 194 valence electrons. The van der Waals surface area contributed by atoms with Gasteiger partial charge in [0.1, 0.15) is 5.60 Å². The zero-order valence-corrected chi connectivity index (χ0v) is 24.0. The van der Waals surface area contributed by atoms with E-state index in [4.69, 9.17) is 9.16 Å². The molecular formula is C29H34N2O4SSi. The van der Waals surface area contributed by atoms with E-state index in [9.17, 15) is 9.59 Å². The number of rotatable bonds is 4. The number of ether oxygens (including phenoxy) is 1. The van der Waals surface area contributed by atoms with E-state index in [1.54, 1.807) is 0 Å². The number of aliphatic imine (C=N–C) groups is 1. The first-order chi connectivity index (χ1) is 17.5. The second kappa shape index (κ2) is 9.56. The fraction of sp³-hybridized carbons (Fsp3) is 0.414. The van der Waals surface area contributed by atoms with Crippen LogP contribution in [0.15, 0.2) is 64.5 Å². The Morgan fingerprint density at radius 2 is 1.70 bits per heavy atom. The molecule has 6 nitrogen and oxygen atoms in total. The molecular weight excluding hydrogens is 500 g/mol. The number of piperidine rings is 1. The van der Waals surface area contributed by atoms with Gasteiger partial charge in [-0.05, 0) is 41.5 Å². The fourth-order valence-corrected chi connectivity index (χ4v) is 6.78. The molecule has 0 aromatic heterocycles. The van der Waals surface area contributed by atoms with Gasteiger partial charge in [0.25, 0.3) is 5.91 Å². The van der Waals surface area contributed by atoms with Crippen LogP contribution in [0.25, 0.3) is 5.57 Å². The molecule has 0 N–H and O–H groups in total. The summed E-state index contributed by atoms with van der Waals surface area (Å²) >= 11 is 1.44. The van der Waals surface area contributed by atoms with E-state index in [1.165, 1.54) is 11.8 Å². The largest absolute Gasteiger partial charge is 0.450 e. The van der Waals surface area contributed by atoms with Gasteiger partial charge in [-0.3, -0.25) is 4.79 Å².